The number of nitrogens with one attached hydrogen (secondary N) is 2. The number of carbonyl (C=O) groups is 1. The summed E-state index contributed by atoms with van der Waals surface area (Å²) in [4.78, 5) is 14.4. The van der Waals surface area contributed by atoms with Crippen LogP contribution in [0.1, 0.15) is 26.7 Å². The van der Waals surface area contributed by atoms with E-state index in [4.69, 9.17) is 4.74 Å². The maximum atomic E-state index is 12.2. The number of hydrogen-bond donors (Lipinski definition) is 2. The largest absolute Gasteiger partial charge is 0.383 e. The van der Waals surface area contributed by atoms with Crippen LogP contribution in [-0.2, 0) is 9.53 Å². The molecule has 1 rings (SSSR count). The van der Waals surface area contributed by atoms with Crippen molar-refractivity contribution in [3.8, 4) is 0 Å². The van der Waals surface area contributed by atoms with Gasteiger partial charge in [-0.1, -0.05) is 13.3 Å². The Bertz CT molecular complexity index is 236. The standard InChI is InChI=1S/C13H27N3O2/c1-4-5-12(10-18-3)15-13(17)11(2)16-8-6-14-7-9-16/h11-12,14H,4-10H2,1-3H3,(H,15,17). The molecule has 2 atom stereocenters. The molecule has 0 radical (unpaired) electrons. The molecule has 1 aliphatic rings. The summed E-state index contributed by atoms with van der Waals surface area (Å²) in [5.74, 6) is 0.118. The average molecular weight is 257 g/mol. The van der Waals surface area contributed by atoms with Gasteiger partial charge in [0.25, 0.3) is 0 Å². The maximum Gasteiger partial charge on any atom is 0.237 e. The summed E-state index contributed by atoms with van der Waals surface area (Å²) in [6.45, 7) is 8.51. The normalized spacial score (nSPS) is 20.4. The lowest BCUT2D eigenvalue weighted by molar-refractivity contribution is -0.127. The van der Waals surface area contributed by atoms with Gasteiger partial charge in [0.05, 0.1) is 18.7 Å². The molecule has 1 saturated heterocycles. The summed E-state index contributed by atoms with van der Waals surface area (Å²) >= 11 is 0. The third-order valence-corrected chi connectivity index (χ3v) is 3.43. The van der Waals surface area contributed by atoms with Crippen LogP contribution in [0, 0.1) is 0 Å². The Hall–Kier alpha value is -0.650. The minimum atomic E-state index is -0.0525. The highest BCUT2D eigenvalue weighted by Gasteiger charge is 2.24. The highest BCUT2D eigenvalue weighted by Crippen LogP contribution is 2.03. The Kier molecular flexibility index (Phi) is 7.23. The van der Waals surface area contributed by atoms with E-state index in [9.17, 15) is 4.79 Å². The first-order chi connectivity index (χ1) is 8.69. The first-order valence-corrected chi connectivity index (χ1v) is 6.93. The Morgan fingerprint density at radius 2 is 2.11 bits per heavy atom. The molecule has 18 heavy (non-hydrogen) atoms. The van der Waals surface area contributed by atoms with E-state index in [-0.39, 0.29) is 18.0 Å². The van der Waals surface area contributed by atoms with Crippen LogP contribution in [0.3, 0.4) is 0 Å². The number of nitrogens with zero attached hydrogens (tertiary/aromatic N) is 1. The molecule has 1 heterocycles. The van der Waals surface area contributed by atoms with Gasteiger partial charge in [-0.25, -0.2) is 0 Å². The third kappa shape index (κ3) is 4.92. The minimum absolute atomic E-state index is 0.0525. The van der Waals surface area contributed by atoms with Gasteiger partial charge in [-0.05, 0) is 13.3 Å². The summed E-state index contributed by atoms with van der Waals surface area (Å²) in [7, 11) is 1.68. The van der Waals surface area contributed by atoms with Crippen molar-refractivity contribution in [2.75, 3.05) is 39.9 Å². The van der Waals surface area contributed by atoms with Crippen LogP contribution in [0.5, 0.6) is 0 Å². The number of rotatable bonds is 7. The molecule has 0 spiro atoms. The van der Waals surface area contributed by atoms with Crippen molar-refractivity contribution >= 4 is 5.91 Å². The molecule has 1 amide bonds. The predicted octanol–water partition coefficient (Wildman–Crippen LogP) is 0.211. The zero-order chi connectivity index (χ0) is 13.4. The van der Waals surface area contributed by atoms with E-state index >= 15 is 0 Å². The molecular weight excluding hydrogens is 230 g/mol. The number of methoxy groups -OCH3 is 1. The third-order valence-electron chi connectivity index (χ3n) is 3.43. The van der Waals surface area contributed by atoms with Crippen molar-refractivity contribution in [2.45, 2.75) is 38.8 Å². The van der Waals surface area contributed by atoms with Gasteiger partial charge in [-0.3, -0.25) is 9.69 Å². The molecule has 0 bridgehead atoms. The quantitative estimate of drug-likeness (QED) is 0.685. The smallest absolute Gasteiger partial charge is 0.237 e. The van der Waals surface area contributed by atoms with E-state index in [1.165, 1.54) is 0 Å². The fraction of sp³-hybridized carbons (Fsp3) is 0.923. The van der Waals surface area contributed by atoms with Gasteiger partial charge in [0, 0.05) is 33.3 Å². The fourth-order valence-corrected chi connectivity index (χ4v) is 2.30. The monoisotopic (exact) mass is 257 g/mol. The first kappa shape index (κ1) is 15.4. The number of amides is 1. The Morgan fingerprint density at radius 3 is 2.67 bits per heavy atom. The highest BCUT2D eigenvalue weighted by molar-refractivity contribution is 5.81. The zero-order valence-electron chi connectivity index (χ0n) is 11.9. The van der Waals surface area contributed by atoms with Crippen LogP contribution >= 0.6 is 0 Å². The second-order valence-electron chi connectivity index (χ2n) is 4.91. The molecular formula is C13H27N3O2. The molecule has 0 aromatic rings. The predicted molar refractivity (Wildman–Crippen MR) is 72.6 cm³/mol. The lowest BCUT2D eigenvalue weighted by atomic mass is 10.1. The van der Waals surface area contributed by atoms with Crippen LogP contribution in [0.15, 0.2) is 0 Å². The number of ether oxygens (including phenoxy) is 1. The molecule has 5 heteroatoms. The second-order valence-corrected chi connectivity index (χ2v) is 4.91. The molecule has 0 saturated carbocycles. The van der Waals surface area contributed by atoms with E-state index in [0.29, 0.717) is 6.61 Å². The first-order valence-electron chi connectivity index (χ1n) is 6.93. The maximum absolute atomic E-state index is 12.2. The lowest BCUT2D eigenvalue weighted by Crippen LogP contribution is -2.54. The van der Waals surface area contributed by atoms with Crippen LogP contribution in [-0.4, -0.2) is 62.8 Å². The summed E-state index contributed by atoms with van der Waals surface area (Å²) in [6.07, 6.45) is 2.02. The molecule has 1 fully saturated rings. The molecule has 2 N–H and O–H groups in total. The topological polar surface area (TPSA) is 53.6 Å². The highest BCUT2D eigenvalue weighted by atomic mass is 16.5. The van der Waals surface area contributed by atoms with E-state index in [1.54, 1.807) is 7.11 Å². The van der Waals surface area contributed by atoms with Gasteiger partial charge in [0.1, 0.15) is 0 Å². The van der Waals surface area contributed by atoms with Crippen LogP contribution in [0.25, 0.3) is 0 Å². The Labute approximate surface area is 110 Å². The number of hydrogen-bond acceptors (Lipinski definition) is 4. The van der Waals surface area contributed by atoms with Crippen molar-refractivity contribution < 1.29 is 9.53 Å². The zero-order valence-corrected chi connectivity index (χ0v) is 11.9. The summed E-state index contributed by atoms with van der Waals surface area (Å²) in [5.41, 5.74) is 0. The van der Waals surface area contributed by atoms with Gasteiger partial charge < -0.3 is 15.4 Å². The Balaban J connectivity index is 2.40. The van der Waals surface area contributed by atoms with Gasteiger partial charge in [-0.15, -0.1) is 0 Å². The van der Waals surface area contributed by atoms with Crippen molar-refractivity contribution in [3.63, 3.8) is 0 Å². The molecule has 0 aliphatic carbocycles. The minimum Gasteiger partial charge on any atom is -0.383 e. The van der Waals surface area contributed by atoms with E-state index < -0.39 is 0 Å². The van der Waals surface area contributed by atoms with Crippen LogP contribution in [0.4, 0.5) is 0 Å². The van der Waals surface area contributed by atoms with Gasteiger partial charge >= 0.3 is 0 Å². The summed E-state index contributed by atoms with van der Waals surface area (Å²) in [6, 6.07) is 0.0844. The van der Waals surface area contributed by atoms with Crippen LogP contribution in [0.2, 0.25) is 0 Å². The molecule has 0 aromatic heterocycles. The number of carbonyl (C=O) groups excluding carboxylic acids is 1. The van der Waals surface area contributed by atoms with E-state index in [0.717, 1.165) is 39.0 Å². The second kappa shape index (κ2) is 8.45. The lowest BCUT2D eigenvalue weighted by Gasteiger charge is -2.32. The molecule has 5 nitrogen and oxygen atoms in total. The summed E-state index contributed by atoms with van der Waals surface area (Å²) < 4.78 is 5.14. The van der Waals surface area contributed by atoms with E-state index in [1.807, 2.05) is 6.92 Å². The SMILES string of the molecule is CCCC(COC)NC(=O)C(C)N1CCNCC1. The molecule has 1 aliphatic heterocycles. The molecule has 2 unspecified atom stereocenters. The fourth-order valence-electron chi connectivity index (χ4n) is 2.30. The van der Waals surface area contributed by atoms with Crippen molar-refractivity contribution in [1.29, 1.82) is 0 Å². The molecule has 106 valence electrons. The average Bonchev–Trinajstić information content (AvgIpc) is 2.39. The van der Waals surface area contributed by atoms with Crippen LogP contribution < -0.4 is 10.6 Å². The molecule has 0 aromatic carbocycles. The van der Waals surface area contributed by atoms with Gasteiger partial charge in [0.15, 0.2) is 0 Å². The van der Waals surface area contributed by atoms with Crippen molar-refractivity contribution in [2.24, 2.45) is 0 Å². The van der Waals surface area contributed by atoms with Gasteiger partial charge in [0.2, 0.25) is 5.91 Å². The van der Waals surface area contributed by atoms with Crippen molar-refractivity contribution in [1.82, 2.24) is 15.5 Å². The number of piperazine rings is 1. The van der Waals surface area contributed by atoms with E-state index in [2.05, 4.69) is 22.5 Å². The van der Waals surface area contributed by atoms with Gasteiger partial charge in [-0.2, -0.15) is 0 Å². The summed E-state index contributed by atoms with van der Waals surface area (Å²) in [5, 5.41) is 6.39. The van der Waals surface area contributed by atoms with Crippen molar-refractivity contribution in [3.05, 3.63) is 0 Å². The Morgan fingerprint density at radius 1 is 1.44 bits per heavy atom.